The number of benzene rings is 1. The molecule has 1 aromatic heterocycles. The van der Waals surface area contributed by atoms with Gasteiger partial charge in [-0.25, -0.2) is 4.39 Å². The Morgan fingerprint density at radius 1 is 1.37 bits per heavy atom. The van der Waals surface area contributed by atoms with Crippen molar-refractivity contribution < 1.29 is 8.81 Å². The van der Waals surface area contributed by atoms with E-state index in [1.807, 2.05) is 0 Å². The highest BCUT2D eigenvalue weighted by atomic mass is 79.9. The molecule has 1 aromatic carbocycles. The molecular formula is C13H15BrFN3O. The van der Waals surface area contributed by atoms with Gasteiger partial charge >= 0.3 is 0 Å². The SMILES string of the molecule is CC(C)NCCc1nnc(-c2ccc(F)cc2Br)o1. The van der Waals surface area contributed by atoms with Gasteiger partial charge in [0, 0.05) is 23.5 Å². The van der Waals surface area contributed by atoms with Gasteiger partial charge in [0.2, 0.25) is 11.8 Å². The van der Waals surface area contributed by atoms with E-state index in [-0.39, 0.29) is 5.82 Å². The molecule has 2 rings (SSSR count). The Bertz CT molecular complexity index is 557. The first-order valence-electron chi connectivity index (χ1n) is 6.07. The van der Waals surface area contributed by atoms with Crippen LogP contribution in [0.4, 0.5) is 4.39 Å². The summed E-state index contributed by atoms with van der Waals surface area (Å²) in [5, 5.41) is 11.2. The van der Waals surface area contributed by atoms with E-state index in [2.05, 4.69) is 45.3 Å². The van der Waals surface area contributed by atoms with Crippen molar-refractivity contribution >= 4 is 15.9 Å². The molecule has 0 spiro atoms. The zero-order chi connectivity index (χ0) is 13.8. The minimum absolute atomic E-state index is 0.309. The van der Waals surface area contributed by atoms with Crippen molar-refractivity contribution in [3.05, 3.63) is 34.4 Å². The standard InChI is InChI=1S/C13H15BrFN3O/c1-8(2)16-6-5-12-17-18-13(19-12)10-4-3-9(15)7-11(10)14/h3-4,7-8,16H,5-6H2,1-2H3. The predicted octanol–water partition coefficient (Wildman–Crippen LogP) is 3.18. The molecule has 0 aliphatic carbocycles. The van der Waals surface area contributed by atoms with Gasteiger partial charge in [-0.1, -0.05) is 13.8 Å². The first-order valence-corrected chi connectivity index (χ1v) is 6.86. The molecule has 0 aliphatic heterocycles. The Morgan fingerprint density at radius 2 is 2.16 bits per heavy atom. The molecule has 2 aromatic rings. The van der Waals surface area contributed by atoms with Crippen LogP contribution in [0.3, 0.4) is 0 Å². The second kappa shape index (κ2) is 6.25. The quantitative estimate of drug-likeness (QED) is 0.916. The number of hydrogen-bond acceptors (Lipinski definition) is 4. The number of halogens is 2. The first kappa shape index (κ1) is 14.1. The minimum Gasteiger partial charge on any atom is -0.421 e. The lowest BCUT2D eigenvalue weighted by molar-refractivity contribution is 0.484. The van der Waals surface area contributed by atoms with Gasteiger partial charge in [-0.3, -0.25) is 0 Å². The van der Waals surface area contributed by atoms with Crippen molar-refractivity contribution in [2.24, 2.45) is 0 Å². The van der Waals surface area contributed by atoms with Gasteiger partial charge in [0.25, 0.3) is 0 Å². The van der Waals surface area contributed by atoms with Gasteiger partial charge in [0.15, 0.2) is 0 Å². The van der Waals surface area contributed by atoms with E-state index in [4.69, 9.17) is 4.42 Å². The molecule has 0 fully saturated rings. The number of rotatable bonds is 5. The molecule has 1 heterocycles. The van der Waals surface area contributed by atoms with Gasteiger partial charge in [0.05, 0.1) is 5.56 Å². The maximum atomic E-state index is 13.0. The second-order valence-corrected chi connectivity index (χ2v) is 5.34. The van der Waals surface area contributed by atoms with Crippen LogP contribution in [0.15, 0.2) is 27.1 Å². The summed E-state index contributed by atoms with van der Waals surface area (Å²) in [6.07, 6.45) is 0.671. The first-order chi connectivity index (χ1) is 9.06. The van der Waals surface area contributed by atoms with Crippen molar-refractivity contribution in [2.75, 3.05) is 6.54 Å². The van der Waals surface area contributed by atoms with Crippen LogP contribution in [0, 0.1) is 5.82 Å². The largest absolute Gasteiger partial charge is 0.421 e. The third-order valence-corrected chi connectivity index (χ3v) is 3.18. The lowest BCUT2D eigenvalue weighted by atomic mass is 10.2. The fraction of sp³-hybridized carbons (Fsp3) is 0.385. The molecule has 1 N–H and O–H groups in total. The normalized spacial score (nSPS) is 11.2. The van der Waals surface area contributed by atoms with Gasteiger partial charge in [0.1, 0.15) is 5.82 Å². The Balaban J connectivity index is 2.08. The monoisotopic (exact) mass is 327 g/mol. The number of nitrogens with one attached hydrogen (secondary N) is 1. The van der Waals surface area contributed by atoms with Crippen LogP contribution in [0.25, 0.3) is 11.5 Å². The topological polar surface area (TPSA) is 51.0 Å². The van der Waals surface area contributed by atoms with Gasteiger partial charge < -0.3 is 9.73 Å². The van der Waals surface area contributed by atoms with E-state index in [0.717, 1.165) is 6.54 Å². The zero-order valence-corrected chi connectivity index (χ0v) is 12.4. The van der Waals surface area contributed by atoms with E-state index in [1.165, 1.54) is 12.1 Å². The average Bonchev–Trinajstić information content (AvgIpc) is 2.77. The molecule has 0 radical (unpaired) electrons. The van der Waals surface area contributed by atoms with Crippen molar-refractivity contribution in [3.63, 3.8) is 0 Å². The van der Waals surface area contributed by atoms with Crippen LogP contribution < -0.4 is 5.32 Å². The van der Waals surface area contributed by atoms with E-state index < -0.39 is 0 Å². The molecule has 0 bridgehead atoms. The highest BCUT2D eigenvalue weighted by Crippen LogP contribution is 2.27. The lowest BCUT2D eigenvalue weighted by Crippen LogP contribution is -2.25. The summed E-state index contributed by atoms with van der Waals surface area (Å²) in [4.78, 5) is 0. The smallest absolute Gasteiger partial charge is 0.248 e. The maximum Gasteiger partial charge on any atom is 0.248 e. The summed E-state index contributed by atoms with van der Waals surface area (Å²) in [7, 11) is 0. The Kier molecular flexibility index (Phi) is 4.66. The molecule has 4 nitrogen and oxygen atoms in total. The maximum absolute atomic E-state index is 13.0. The van der Waals surface area contributed by atoms with Crippen LogP contribution in [0.1, 0.15) is 19.7 Å². The highest BCUT2D eigenvalue weighted by molar-refractivity contribution is 9.10. The van der Waals surface area contributed by atoms with Crippen LogP contribution in [-0.2, 0) is 6.42 Å². The fourth-order valence-electron chi connectivity index (χ4n) is 1.59. The van der Waals surface area contributed by atoms with E-state index in [0.29, 0.717) is 34.3 Å². The summed E-state index contributed by atoms with van der Waals surface area (Å²) < 4.78 is 19.2. The zero-order valence-electron chi connectivity index (χ0n) is 10.8. The molecule has 0 saturated heterocycles. The van der Waals surface area contributed by atoms with Gasteiger partial charge in [-0.05, 0) is 34.1 Å². The number of aromatic nitrogens is 2. The van der Waals surface area contributed by atoms with E-state index in [9.17, 15) is 4.39 Å². The molecule has 0 atom stereocenters. The molecule has 0 amide bonds. The third-order valence-electron chi connectivity index (χ3n) is 2.52. The van der Waals surface area contributed by atoms with E-state index >= 15 is 0 Å². The number of nitrogens with zero attached hydrogens (tertiary/aromatic N) is 2. The Morgan fingerprint density at radius 3 is 2.84 bits per heavy atom. The van der Waals surface area contributed by atoms with Crippen molar-refractivity contribution in [2.45, 2.75) is 26.3 Å². The van der Waals surface area contributed by atoms with Crippen LogP contribution in [-0.4, -0.2) is 22.8 Å². The van der Waals surface area contributed by atoms with Crippen LogP contribution in [0.2, 0.25) is 0 Å². The highest BCUT2D eigenvalue weighted by Gasteiger charge is 2.12. The minimum atomic E-state index is -0.309. The van der Waals surface area contributed by atoms with E-state index in [1.54, 1.807) is 6.07 Å². The lowest BCUT2D eigenvalue weighted by Gasteiger charge is -2.04. The average molecular weight is 328 g/mol. The summed E-state index contributed by atoms with van der Waals surface area (Å²) in [6.45, 7) is 4.94. The van der Waals surface area contributed by atoms with Crippen molar-refractivity contribution in [1.82, 2.24) is 15.5 Å². The molecule has 6 heteroatoms. The molecule has 19 heavy (non-hydrogen) atoms. The van der Waals surface area contributed by atoms with Crippen LogP contribution >= 0.6 is 15.9 Å². The number of hydrogen-bond donors (Lipinski definition) is 1. The van der Waals surface area contributed by atoms with Crippen molar-refractivity contribution in [3.8, 4) is 11.5 Å². The predicted molar refractivity (Wildman–Crippen MR) is 74.2 cm³/mol. The second-order valence-electron chi connectivity index (χ2n) is 4.48. The van der Waals surface area contributed by atoms with Gasteiger partial charge in [-0.2, -0.15) is 0 Å². The molecule has 102 valence electrons. The molecule has 0 saturated carbocycles. The van der Waals surface area contributed by atoms with Gasteiger partial charge in [-0.15, -0.1) is 10.2 Å². The van der Waals surface area contributed by atoms with Crippen molar-refractivity contribution in [1.29, 1.82) is 0 Å². The molecule has 0 aliphatic rings. The summed E-state index contributed by atoms with van der Waals surface area (Å²) >= 11 is 3.28. The molecule has 0 unspecified atom stereocenters. The third kappa shape index (κ3) is 3.84. The summed E-state index contributed by atoms with van der Waals surface area (Å²) in [6, 6.07) is 4.78. The fourth-order valence-corrected chi connectivity index (χ4v) is 2.11. The summed E-state index contributed by atoms with van der Waals surface area (Å²) in [5.74, 6) is 0.655. The summed E-state index contributed by atoms with van der Waals surface area (Å²) in [5.41, 5.74) is 0.692. The van der Waals surface area contributed by atoms with Crippen LogP contribution in [0.5, 0.6) is 0 Å². The Hall–Kier alpha value is -1.27. The Labute approximate surface area is 119 Å². The molecular weight excluding hydrogens is 313 g/mol.